The molecule has 2 heteroatoms. The third-order valence-electron chi connectivity index (χ3n) is 3.44. The van der Waals surface area contributed by atoms with E-state index in [1.165, 1.54) is 10.9 Å². The highest BCUT2D eigenvalue weighted by Crippen LogP contribution is 2.35. The van der Waals surface area contributed by atoms with Gasteiger partial charge in [0, 0.05) is 16.5 Å². The fourth-order valence-electron chi connectivity index (χ4n) is 2.57. The first-order valence-corrected chi connectivity index (χ1v) is 7.14. The molecule has 0 aliphatic heterocycles. The number of nitrogens with one attached hydrogen (secondary N) is 1. The van der Waals surface area contributed by atoms with Gasteiger partial charge in [-0.25, -0.2) is 0 Å². The zero-order valence-corrected chi connectivity index (χ0v) is 12.9. The molecule has 19 heavy (non-hydrogen) atoms. The van der Waals surface area contributed by atoms with Gasteiger partial charge in [0.2, 0.25) is 0 Å². The van der Waals surface area contributed by atoms with E-state index in [1.807, 2.05) is 19.2 Å². The molecule has 0 bridgehead atoms. The van der Waals surface area contributed by atoms with Crippen molar-refractivity contribution in [3.05, 3.63) is 47.0 Å². The summed E-state index contributed by atoms with van der Waals surface area (Å²) in [6.45, 7) is 6.82. The summed E-state index contributed by atoms with van der Waals surface area (Å²) in [4.78, 5) is 0. The highest BCUT2D eigenvalue weighted by Gasteiger charge is 2.20. The van der Waals surface area contributed by atoms with Gasteiger partial charge in [0.1, 0.15) is 0 Å². The Hall–Kier alpha value is -1.05. The Morgan fingerprint density at radius 2 is 1.68 bits per heavy atom. The molecule has 0 radical (unpaired) electrons. The van der Waals surface area contributed by atoms with E-state index in [0.717, 1.165) is 16.8 Å². The molecule has 0 saturated heterocycles. The van der Waals surface area contributed by atoms with Crippen LogP contribution < -0.4 is 5.32 Å². The number of hydrogen-bond donors (Lipinski definition) is 1. The number of halogens is 1. The lowest BCUT2D eigenvalue weighted by Gasteiger charge is -2.27. The van der Waals surface area contributed by atoms with E-state index in [9.17, 15) is 0 Å². The van der Waals surface area contributed by atoms with Crippen molar-refractivity contribution < 1.29 is 0 Å². The molecule has 0 saturated carbocycles. The minimum Gasteiger partial charge on any atom is -0.313 e. The van der Waals surface area contributed by atoms with Crippen molar-refractivity contribution >= 4 is 22.4 Å². The molecule has 0 heterocycles. The van der Waals surface area contributed by atoms with Crippen molar-refractivity contribution in [2.45, 2.75) is 33.2 Å². The van der Waals surface area contributed by atoms with Crippen molar-refractivity contribution in [3.63, 3.8) is 0 Å². The summed E-state index contributed by atoms with van der Waals surface area (Å²) in [5, 5.41) is 6.65. The van der Waals surface area contributed by atoms with Gasteiger partial charge < -0.3 is 5.32 Å². The van der Waals surface area contributed by atoms with E-state index in [-0.39, 0.29) is 5.41 Å². The van der Waals surface area contributed by atoms with Crippen LogP contribution in [0.25, 0.3) is 10.8 Å². The standard InChI is InChI=1S/C17H22ClN/c1-17(2,3)11-16(19-4)14-9-10-15(18)13-8-6-5-7-12(13)14/h5-10,16,19H,11H2,1-4H3. The summed E-state index contributed by atoms with van der Waals surface area (Å²) < 4.78 is 0. The molecular weight excluding hydrogens is 254 g/mol. The molecule has 0 fully saturated rings. The maximum absolute atomic E-state index is 6.29. The van der Waals surface area contributed by atoms with Crippen LogP contribution in [0, 0.1) is 5.41 Å². The number of benzene rings is 2. The molecule has 2 rings (SSSR count). The van der Waals surface area contributed by atoms with Crippen molar-refractivity contribution in [3.8, 4) is 0 Å². The molecule has 1 N–H and O–H groups in total. The third-order valence-corrected chi connectivity index (χ3v) is 3.77. The summed E-state index contributed by atoms with van der Waals surface area (Å²) in [6, 6.07) is 12.9. The Kier molecular flexibility index (Phi) is 4.17. The molecule has 0 aliphatic rings. The van der Waals surface area contributed by atoms with Crippen LogP contribution in [0.15, 0.2) is 36.4 Å². The molecule has 1 nitrogen and oxygen atoms in total. The van der Waals surface area contributed by atoms with Gasteiger partial charge in [-0.3, -0.25) is 0 Å². The first-order chi connectivity index (χ1) is 8.92. The lowest BCUT2D eigenvalue weighted by molar-refractivity contribution is 0.322. The molecule has 0 aliphatic carbocycles. The fourth-order valence-corrected chi connectivity index (χ4v) is 2.80. The first-order valence-electron chi connectivity index (χ1n) is 6.77. The average Bonchev–Trinajstić information content (AvgIpc) is 2.36. The molecule has 2 aromatic rings. The summed E-state index contributed by atoms with van der Waals surface area (Å²) in [5.74, 6) is 0. The zero-order valence-electron chi connectivity index (χ0n) is 12.1. The second-order valence-corrected chi connectivity index (χ2v) is 6.70. The van der Waals surface area contributed by atoms with Gasteiger partial charge in [-0.15, -0.1) is 0 Å². The maximum Gasteiger partial charge on any atom is 0.0484 e. The number of fused-ring (bicyclic) bond motifs is 1. The minimum atomic E-state index is 0.286. The van der Waals surface area contributed by atoms with Crippen LogP contribution in [0.4, 0.5) is 0 Å². The van der Waals surface area contributed by atoms with Crippen molar-refractivity contribution in [2.24, 2.45) is 5.41 Å². The second kappa shape index (κ2) is 5.52. The smallest absolute Gasteiger partial charge is 0.0484 e. The molecule has 1 atom stereocenters. The fraction of sp³-hybridized carbons (Fsp3) is 0.412. The second-order valence-electron chi connectivity index (χ2n) is 6.29. The molecule has 102 valence electrons. The largest absolute Gasteiger partial charge is 0.313 e. The van der Waals surface area contributed by atoms with E-state index in [2.05, 4.69) is 50.4 Å². The van der Waals surface area contributed by atoms with E-state index in [0.29, 0.717) is 6.04 Å². The van der Waals surface area contributed by atoms with Crippen LogP contribution in [0.2, 0.25) is 5.02 Å². The topological polar surface area (TPSA) is 12.0 Å². The van der Waals surface area contributed by atoms with E-state index in [4.69, 9.17) is 11.6 Å². The molecule has 0 amide bonds. The SMILES string of the molecule is CNC(CC(C)(C)C)c1ccc(Cl)c2ccccc12. The normalized spacial score (nSPS) is 13.7. The van der Waals surface area contributed by atoms with Crippen LogP contribution in [0.1, 0.15) is 38.8 Å². The van der Waals surface area contributed by atoms with E-state index < -0.39 is 0 Å². The Balaban J connectivity index is 2.52. The van der Waals surface area contributed by atoms with Gasteiger partial charge in [0.15, 0.2) is 0 Å². The highest BCUT2D eigenvalue weighted by molar-refractivity contribution is 6.35. The lowest BCUT2D eigenvalue weighted by Crippen LogP contribution is -2.22. The number of hydrogen-bond acceptors (Lipinski definition) is 1. The summed E-state index contributed by atoms with van der Waals surface area (Å²) in [7, 11) is 2.03. The zero-order chi connectivity index (χ0) is 14.0. The Morgan fingerprint density at radius 3 is 2.26 bits per heavy atom. The Morgan fingerprint density at radius 1 is 1.05 bits per heavy atom. The minimum absolute atomic E-state index is 0.286. The predicted octanol–water partition coefficient (Wildman–Crippen LogP) is 5.19. The van der Waals surface area contributed by atoms with Crippen LogP contribution in [0.5, 0.6) is 0 Å². The Bertz CT molecular complexity index is 569. The van der Waals surface area contributed by atoms with Crippen molar-refractivity contribution in [1.29, 1.82) is 0 Å². The third kappa shape index (κ3) is 3.29. The number of rotatable bonds is 3. The van der Waals surface area contributed by atoms with Gasteiger partial charge in [-0.1, -0.05) is 62.7 Å². The maximum atomic E-state index is 6.29. The monoisotopic (exact) mass is 275 g/mol. The molecule has 0 aromatic heterocycles. The molecule has 1 unspecified atom stereocenters. The van der Waals surface area contributed by atoms with Gasteiger partial charge in [0.05, 0.1) is 0 Å². The first kappa shape index (κ1) is 14.4. The molecule has 0 spiro atoms. The van der Waals surface area contributed by atoms with Crippen LogP contribution in [0.3, 0.4) is 0 Å². The molecule has 2 aromatic carbocycles. The van der Waals surface area contributed by atoms with E-state index in [1.54, 1.807) is 0 Å². The van der Waals surface area contributed by atoms with E-state index >= 15 is 0 Å². The summed E-state index contributed by atoms with van der Waals surface area (Å²) in [5.41, 5.74) is 1.62. The van der Waals surface area contributed by atoms with Crippen molar-refractivity contribution in [2.75, 3.05) is 7.05 Å². The van der Waals surface area contributed by atoms with Gasteiger partial charge in [0.25, 0.3) is 0 Å². The van der Waals surface area contributed by atoms with Crippen molar-refractivity contribution in [1.82, 2.24) is 5.32 Å². The summed E-state index contributed by atoms with van der Waals surface area (Å²) >= 11 is 6.29. The van der Waals surface area contributed by atoms with Crippen LogP contribution in [-0.4, -0.2) is 7.05 Å². The lowest BCUT2D eigenvalue weighted by atomic mass is 9.84. The molecular formula is C17H22ClN. The van der Waals surface area contributed by atoms with Gasteiger partial charge >= 0.3 is 0 Å². The van der Waals surface area contributed by atoms with Crippen LogP contribution in [-0.2, 0) is 0 Å². The highest BCUT2D eigenvalue weighted by atomic mass is 35.5. The average molecular weight is 276 g/mol. The quantitative estimate of drug-likeness (QED) is 0.813. The predicted molar refractivity (Wildman–Crippen MR) is 84.8 cm³/mol. The summed E-state index contributed by atoms with van der Waals surface area (Å²) in [6.07, 6.45) is 1.09. The van der Waals surface area contributed by atoms with Crippen LogP contribution >= 0.6 is 11.6 Å². The Labute approximate surface area is 121 Å². The van der Waals surface area contributed by atoms with Gasteiger partial charge in [-0.05, 0) is 35.9 Å². The van der Waals surface area contributed by atoms with Gasteiger partial charge in [-0.2, -0.15) is 0 Å².